The van der Waals surface area contributed by atoms with Crippen LogP contribution in [-0.4, -0.2) is 25.1 Å². The molecule has 3 aromatic carbocycles. The summed E-state index contributed by atoms with van der Waals surface area (Å²) in [5.74, 6) is 1.34. The van der Waals surface area contributed by atoms with Gasteiger partial charge in [-0.25, -0.2) is 0 Å². The van der Waals surface area contributed by atoms with Gasteiger partial charge < -0.3 is 20.1 Å². The quantitative estimate of drug-likeness (QED) is 0.216. The number of benzene rings is 3. The first-order chi connectivity index (χ1) is 15.1. The van der Waals surface area contributed by atoms with E-state index in [1.54, 1.807) is 19.2 Å². The van der Waals surface area contributed by atoms with E-state index in [0.717, 1.165) is 16.8 Å². The lowest BCUT2D eigenvalue weighted by Gasteiger charge is -2.16. The van der Waals surface area contributed by atoms with Crippen LogP contribution in [0.2, 0.25) is 5.02 Å². The van der Waals surface area contributed by atoms with E-state index in [-0.39, 0.29) is 18.1 Å². The molecule has 0 aliphatic carbocycles. The Hall–Kier alpha value is -3.00. The van der Waals surface area contributed by atoms with Crippen molar-refractivity contribution in [3.8, 4) is 11.5 Å². The summed E-state index contributed by atoms with van der Waals surface area (Å²) >= 11 is 6.23. The zero-order valence-electron chi connectivity index (χ0n) is 17.5. The lowest BCUT2D eigenvalue weighted by molar-refractivity contribution is -0.384. The Bertz CT molecular complexity index is 1020. The Balaban J connectivity index is 0.00000363. The number of nitrogens with one attached hydrogen (secondary N) is 2. The van der Waals surface area contributed by atoms with E-state index in [1.807, 2.05) is 42.5 Å². The molecule has 0 atom stereocenters. The van der Waals surface area contributed by atoms with Crippen molar-refractivity contribution in [1.82, 2.24) is 5.32 Å². The first-order valence-corrected chi connectivity index (χ1v) is 10.2. The summed E-state index contributed by atoms with van der Waals surface area (Å²) in [6.07, 6.45) is 0. The van der Waals surface area contributed by atoms with Crippen molar-refractivity contribution in [3.63, 3.8) is 0 Å². The van der Waals surface area contributed by atoms with Gasteiger partial charge >= 0.3 is 0 Å². The summed E-state index contributed by atoms with van der Waals surface area (Å²) in [5, 5.41) is 18.0. The fourth-order valence-corrected chi connectivity index (χ4v) is 3.20. The Morgan fingerprint density at radius 2 is 1.69 bits per heavy atom. The molecule has 9 heteroatoms. The Morgan fingerprint density at radius 1 is 0.969 bits per heavy atom. The predicted octanol–water partition coefficient (Wildman–Crippen LogP) is 5.46. The van der Waals surface area contributed by atoms with Gasteiger partial charge in [0.2, 0.25) is 0 Å². The largest absolute Gasteiger partial charge is 0.493 e. The number of halogens is 2. The van der Waals surface area contributed by atoms with E-state index >= 15 is 0 Å². The number of ether oxygens (including phenoxy) is 2. The molecule has 0 radical (unpaired) electrons. The molecule has 0 bridgehead atoms. The molecular formula is C23H25Cl2N3O4. The van der Waals surface area contributed by atoms with Crippen LogP contribution in [0.4, 0.5) is 11.4 Å². The molecule has 0 spiro atoms. The molecule has 3 rings (SSSR count). The van der Waals surface area contributed by atoms with Crippen LogP contribution in [0, 0.1) is 10.1 Å². The van der Waals surface area contributed by atoms with Gasteiger partial charge in [-0.2, -0.15) is 0 Å². The molecule has 0 heterocycles. The zero-order valence-corrected chi connectivity index (χ0v) is 19.1. The molecular weight excluding hydrogens is 453 g/mol. The molecule has 32 heavy (non-hydrogen) atoms. The average Bonchev–Trinajstić information content (AvgIpc) is 2.79. The molecule has 2 N–H and O–H groups in total. The summed E-state index contributed by atoms with van der Waals surface area (Å²) < 4.78 is 11.5. The number of para-hydroxylation sites is 1. The van der Waals surface area contributed by atoms with Crippen molar-refractivity contribution in [1.29, 1.82) is 0 Å². The topological polar surface area (TPSA) is 85.7 Å². The van der Waals surface area contributed by atoms with Gasteiger partial charge in [-0.1, -0.05) is 41.9 Å². The van der Waals surface area contributed by atoms with Crippen molar-refractivity contribution in [2.24, 2.45) is 0 Å². The predicted molar refractivity (Wildman–Crippen MR) is 129 cm³/mol. The SMILES string of the molecule is COc1cccc(CNCCNc2ccc([N+](=O)[O-])cc2)c1OCc1ccccc1Cl.Cl. The zero-order chi connectivity index (χ0) is 22.1. The summed E-state index contributed by atoms with van der Waals surface area (Å²) in [4.78, 5) is 10.3. The van der Waals surface area contributed by atoms with Crippen molar-refractivity contribution < 1.29 is 14.4 Å². The second kappa shape index (κ2) is 12.8. The van der Waals surface area contributed by atoms with Crippen molar-refractivity contribution in [2.45, 2.75) is 13.2 Å². The van der Waals surface area contributed by atoms with Crippen LogP contribution in [0.5, 0.6) is 11.5 Å². The minimum atomic E-state index is -0.412. The number of rotatable bonds is 11. The van der Waals surface area contributed by atoms with Crippen molar-refractivity contribution in [2.75, 3.05) is 25.5 Å². The van der Waals surface area contributed by atoms with E-state index in [9.17, 15) is 10.1 Å². The van der Waals surface area contributed by atoms with Crippen molar-refractivity contribution >= 4 is 35.4 Å². The number of non-ortho nitro benzene ring substituents is 1. The third kappa shape index (κ3) is 7.02. The molecule has 0 aliphatic rings. The molecule has 3 aromatic rings. The van der Waals surface area contributed by atoms with Crippen LogP contribution in [0.3, 0.4) is 0 Å². The van der Waals surface area contributed by atoms with Gasteiger partial charge in [0.1, 0.15) is 6.61 Å². The molecule has 7 nitrogen and oxygen atoms in total. The number of methoxy groups -OCH3 is 1. The molecule has 0 unspecified atom stereocenters. The van der Waals surface area contributed by atoms with Crippen LogP contribution < -0.4 is 20.1 Å². The number of nitro benzene ring substituents is 1. The number of anilines is 1. The average molecular weight is 478 g/mol. The van der Waals surface area contributed by atoms with Crippen LogP contribution in [0.25, 0.3) is 0 Å². The first kappa shape index (κ1) is 25.3. The van der Waals surface area contributed by atoms with E-state index in [4.69, 9.17) is 21.1 Å². The molecule has 0 amide bonds. The van der Waals surface area contributed by atoms with Gasteiger partial charge in [-0.15, -0.1) is 12.4 Å². The molecule has 0 saturated carbocycles. The number of hydrogen-bond donors (Lipinski definition) is 2. The van der Waals surface area contributed by atoms with Crippen LogP contribution in [-0.2, 0) is 13.2 Å². The fraction of sp³-hybridized carbons (Fsp3) is 0.217. The minimum absolute atomic E-state index is 0. The van der Waals surface area contributed by atoms with Gasteiger partial charge in [-0.05, 0) is 24.3 Å². The molecule has 0 aromatic heterocycles. The Labute approximate surface area is 198 Å². The van der Waals surface area contributed by atoms with Crippen LogP contribution >= 0.6 is 24.0 Å². The van der Waals surface area contributed by atoms with Crippen molar-refractivity contribution in [3.05, 3.63) is 93.0 Å². The summed E-state index contributed by atoms with van der Waals surface area (Å²) in [5.41, 5.74) is 2.78. The van der Waals surface area contributed by atoms with Crippen LogP contribution in [0.15, 0.2) is 66.7 Å². The monoisotopic (exact) mass is 477 g/mol. The second-order valence-corrected chi connectivity index (χ2v) is 7.14. The Morgan fingerprint density at radius 3 is 2.38 bits per heavy atom. The highest BCUT2D eigenvalue weighted by atomic mass is 35.5. The standard InChI is InChI=1S/C23H24ClN3O4.ClH/c1-30-22-8-4-6-17(23(22)31-16-18-5-2-3-7-21(18)24)15-25-13-14-26-19-9-11-20(12-10-19)27(28)29;/h2-12,25-26H,13-16H2,1H3;1H. The third-order valence-corrected chi connectivity index (χ3v) is 5.00. The van der Waals surface area contributed by atoms with E-state index in [2.05, 4.69) is 10.6 Å². The maximum absolute atomic E-state index is 10.7. The molecule has 0 saturated heterocycles. The normalized spacial score (nSPS) is 10.2. The maximum atomic E-state index is 10.7. The lowest BCUT2D eigenvalue weighted by atomic mass is 10.1. The number of nitrogens with zero attached hydrogens (tertiary/aromatic N) is 1. The number of hydrogen-bond acceptors (Lipinski definition) is 6. The minimum Gasteiger partial charge on any atom is -0.493 e. The highest BCUT2D eigenvalue weighted by molar-refractivity contribution is 6.31. The third-order valence-electron chi connectivity index (χ3n) is 4.63. The highest BCUT2D eigenvalue weighted by Crippen LogP contribution is 2.32. The van der Waals surface area contributed by atoms with E-state index in [1.165, 1.54) is 12.1 Å². The Kier molecular flexibility index (Phi) is 10.1. The lowest BCUT2D eigenvalue weighted by Crippen LogP contribution is -2.22. The summed E-state index contributed by atoms with van der Waals surface area (Å²) in [6.45, 7) is 2.29. The molecule has 0 aliphatic heterocycles. The maximum Gasteiger partial charge on any atom is 0.269 e. The van der Waals surface area contributed by atoms with E-state index < -0.39 is 4.92 Å². The summed E-state index contributed by atoms with van der Waals surface area (Å²) in [7, 11) is 1.61. The molecule has 0 fully saturated rings. The summed E-state index contributed by atoms with van der Waals surface area (Å²) in [6, 6.07) is 19.7. The smallest absolute Gasteiger partial charge is 0.269 e. The number of nitro groups is 1. The second-order valence-electron chi connectivity index (χ2n) is 6.74. The van der Waals surface area contributed by atoms with Gasteiger partial charge in [0.25, 0.3) is 5.69 Å². The first-order valence-electron chi connectivity index (χ1n) is 9.79. The molecule has 170 valence electrons. The fourth-order valence-electron chi connectivity index (χ4n) is 3.01. The van der Waals surface area contributed by atoms with Gasteiger partial charge in [0, 0.05) is 53.6 Å². The van der Waals surface area contributed by atoms with Crippen LogP contribution in [0.1, 0.15) is 11.1 Å². The highest BCUT2D eigenvalue weighted by Gasteiger charge is 2.11. The van der Waals surface area contributed by atoms with Gasteiger partial charge in [0.15, 0.2) is 11.5 Å². The van der Waals surface area contributed by atoms with Gasteiger partial charge in [-0.3, -0.25) is 10.1 Å². The van der Waals surface area contributed by atoms with E-state index in [0.29, 0.717) is 42.8 Å². The van der Waals surface area contributed by atoms with Gasteiger partial charge in [0.05, 0.1) is 12.0 Å².